The second-order valence-electron chi connectivity index (χ2n) is 4.06. The van der Waals surface area contributed by atoms with E-state index in [1.807, 2.05) is 0 Å². The Labute approximate surface area is 130 Å². The molecule has 112 valence electrons. The van der Waals surface area contributed by atoms with E-state index in [1.165, 1.54) is 6.20 Å². The molecule has 2 rings (SSSR count). The Kier molecular flexibility index (Phi) is 4.24. The summed E-state index contributed by atoms with van der Waals surface area (Å²) in [7, 11) is -3.95. The molecule has 1 amide bonds. The molecular weight excluding hydrogens is 341 g/mol. The molecule has 0 bridgehead atoms. The van der Waals surface area contributed by atoms with Crippen LogP contribution in [0.1, 0.15) is 16.1 Å². The van der Waals surface area contributed by atoms with E-state index in [0.29, 0.717) is 5.76 Å². The number of aryl methyl sites for hydroxylation is 1. The number of aromatic nitrogens is 1. The minimum absolute atomic E-state index is 0.0611. The normalized spacial score (nSPS) is 11.4. The molecule has 2 aromatic rings. The summed E-state index contributed by atoms with van der Waals surface area (Å²) in [6, 6.07) is 2.19. The van der Waals surface area contributed by atoms with Gasteiger partial charge in [0, 0.05) is 0 Å². The first-order valence-corrected chi connectivity index (χ1v) is 7.75. The molecule has 0 saturated heterocycles. The number of halogens is 2. The van der Waals surface area contributed by atoms with E-state index in [-0.39, 0.29) is 26.2 Å². The fraction of sp³-hybridized carbons (Fsp3) is 0.0909. The van der Waals surface area contributed by atoms with Gasteiger partial charge >= 0.3 is 0 Å². The minimum atomic E-state index is -3.95. The quantitative estimate of drug-likeness (QED) is 0.880. The average molecular weight is 350 g/mol. The number of anilines is 1. The van der Waals surface area contributed by atoms with E-state index in [1.54, 1.807) is 6.92 Å². The van der Waals surface area contributed by atoms with Crippen LogP contribution in [0.3, 0.4) is 0 Å². The molecule has 0 radical (unpaired) electrons. The van der Waals surface area contributed by atoms with Gasteiger partial charge in [0.25, 0.3) is 5.91 Å². The Morgan fingerprint density at radius 3 is 2.33 bits per heavy atom. The summed E-state index contributed by atoms with van der Waals surface area (Å²) >= 11 is 11.9. The van der Waals surface area contributed by atoms with Gasteiger partial charge in [-0.05, 0) is 19.1 Å². The molecule has 21 heavy (non-hydrogen) atoms. The predicted molar refractivity (Wildman–Crippen MR) is 77.0 cm³/mol. The van der Waals surface area contributed by atoms with Crippen molar-refractivity contribution >= 4 is 44.8 Å². The zero-order valence-corrected chi connectivity index (χ0v) is 12.9. The summed E-state index contributed by atoms with van der Waals surface area (Å²) in [5, 5.41) is 10.8. The summed E-state index contributed by atoms with van der Waals surface area (Å²) in [6.07, 6.45) is 1.24. The first-order chi connectivity index (χ1) is 9.70. The lowest BCUT2D eigenvalue weighted by Crippen LogP contribution is -2.15. The van der Waals surface area contributed by atoms with Crippen molar-refractivity contribution in [3.8, 4) is 0 Å². The second kappa shape index (κ2) is 5.64. The van der Waals surface area contributed by atoms with Crippen molar-refractivity contribution in [3.63, 3.8) is 0 Å². The molecule has 0 saturated carbocycles. The summed E-state index contributed by atoms with van der Waals surface area (Å²) in [5.41, 5.74) is 0.272. The van der Waals surface area contributed by atoms with Crippen LogP contribution in [0.25, 0.3) is 0 Å². The van der Waals surface area contributed by atoms with Crippen molar-refractivity contribution in [2.45, 2.75) is 11.8 Å². The zero-order valence-electron chi connectivity index (χ0n) is 10.6. The fourth-order valence-electron chi connectivity index (χ4n) is 1.53. The number of hydrogen-bond acceptors (Lipinski definition) is 5. The third kappa shape index (κ3) is 3.35. The van der Waals surface area contributed by atoms with E-state index >= 15 is 0 Å². The van der Waals surface area contributed by atoms with Gasteiger partial charge in [-0.2, -0.15) is 0 Å². The van der Waals surface area contributed by atoms with Crippen LogP contribution in [0, 0.1) is 6.92 Å². The fourth-order valence-corrected chi connectivity index (χ4v) is 2.81. The lowest BCUT2D eigenvalue weighted by molar-refractivity contribution is 0.102. The number of carbonyl (C=O) groups excluding carboxylic acids is 1. The Balaban J connectivity index is 2.38. The smallest absolute Gasteiger partial charge is 0.260 e. The number of nitrogens with two attached hydrogens (primary N) is 1. The van der Waals surface area contributed by atoms with Crippen LogP contribution >= 0.6 is 23.2 Å². The number of benzene rings is 1. The largest absolute Gasteiger partial charge is 0.361 e. The van der Waals surface area contributed by atoms with Crippen molar-refractivity contribution in [2.24, 2.45) is 5.14 Å². The van der Waals surface area contributed by atoms with Crippen molar-refractivity contribution < 1.29 is 17.7 Å². The first-order valence-electron chi connectivity index (χ1n) is 5.44. The SMILES string of the molecule is Cc1oncc1C(=O)Nc1c(Cl)cc(S(N)(=O)=O)cc1Cl. The van der Waals surface area contributed by atoms with Crippen LogP contribution in [0.2, 0.25) is 10.0 Å². The number of hydrogen-bond donors (Lipinski definition) is 2. The maximum Gasteiger partial charge on any atom is 0.260 e. The second-order valence-corrected chi connectivity index (χ2v) is 6.43. The van der Waals surface area contributed by atoms with Gasteiger partial charge in [-0.25, -0.2) is 13.6 Å². The van der Waals surface area contributed by atoms with Gasteiger partial charge < -0.3 is 9.84 Å². The summed E-state index contributed by atoms with van der Waals surface area (Å²) in [6.45, 7) is 1.56. The highest BCUT2D eigenvalue weighted by Crippen LogP contribution is 2.33. The number of amides is 1. The Hall–Kier alpha value is -1.61. The highest BCUT2D eigenvalue weighted by Gasteiger charge is 2.19. The zero-order chi connectivity index (χ0) is 15.8. The Morgan fingerprint density at radius 2 is 1.90 bits per heavy atom. The van der Waals surface area contributed by atoms with Crippen molar-refractivity contribution in [1.82, 2.24) is 5.16 Å². The molecule has 10 heteroatoms. The summed E-state index contributed by atoms with van der Waals surface area (Å²) in [5.74, 6) is -0.221. The van der Waals surface area contributed by atoms with E-state index < -0.39 is 15.9 Å². The number of carbonyl (C=O) groups is 1. The number of primary sulfonamides is 1. The molecule has 0 aliphatic heterocycles. The Bertz CT molecular complexity index is 794. The summed E-state index contributed by atoms with van der Waals surface area (Å²) < 4.78 is 27.3. The standard InChI is InChI=1S/C11H9Cl2N3O4S/c1-5-7(4-15-20-5)11(17)16-10-8(12)2-6(3-9(10)13)21(14,18)19/h2-4H,1H3,(H,16,17)(H2,14,18,19). The molecule has 0 spiro atoms. The van der Waals surface area contributed by atoms with Crippen LogP contribution in [0.15, 0.2) is 27.7 Å². The molecule has 0 fully saturated rings. The molecule has 0 atom stereocenters. The van der Waals surface area contributed by atoms with Crippen LogP contribution in [0.4, 0.5) is 5.69 Å². The van der Waals surface area contributed by atoms with Gasteiger partial charge in [-0.1, -0.05) is 28.4 Å². The predicted octanol–water partition coefficient (Wildman–Crippen LogP) is 2.19. The number of nitrogens with one attached hydrogen (secondary N) is 1. The Morgan fingerprint density at radius 1 is 1.33 bits per heavy atom. The van der Waals surface area contributed by atoms with Crippen LogP contribution < -0.4 is 10.5 Å². The highest BCUT2D eigenvalue weighted by atomic mass is 35.5. The van der Waals surface area contributed by atoms with Crippen molar-refractivity contribution in [3.05, 3.63) is 39.7 Å². The molecule has 0 unspecified atom stereocenters. The number of sulfonamides is 1. The van der Waals surface area contributed by atoms with Gasteiger partial charge in [0.05, 0.1) is 26.8 Å². The van der Waals surface area contributed by atoms with E-state index in [9.17, 15) is 13.2 Å². The molecular formula is C11H9Cl2N3O4S. The van der Waals surface area contributed by atoms with E-state index in [2.05, 4.69) is 10.5 Å². The van der Waals surface area contributed by atoms with Crippen LogP contribution in [-0.2, 0) is 10.0 Å². The number of nitrogens with zero attached hydrogens (tertiary/aromatic N) is 1. The molecule has 0 aliphatic carbocycles. The molecule has 1 heterocycles. The first kappa shape index (κ1) is 15.8. The minimum Gasteiger partial charge on any atom is -0.361 e. The lowest BCUT2D eigenvalue weighted by Gasteiger charge is -2.10. The topological polar surface area (TPSA) is 115 Å². The average Bonchev–Trinajstić information content (AvgIpc) is 2.78. The summed E-state index contributed by atoms with van der Waals surface area (Å²) in [4.78, 5) is 11.8. The number of rotatable bonds is 3. The van der Waals surface area contributed by atoms with Crippen LogP contribution in [-0.4, -0.2) is 19.5 Å². The monoisotopic (exact) mass is 349 g/mol. The van der Waals surface area contributed by atoms with Gasteiger partial charge in [0.2, 0.25) is 10.0 Å². The van der Waals surface area contributed by atoms with E-state index in [0.717, 1.165) is 12.1 Å². The molecule has 3 N–H and O–H groups in total. The van der Waals surface area contributed by atoms with Gasteiger partial charge in [0.15, 0.2) is 0 Å². The van der Waals surface area contributed by atoms with Gasteiger partial charge in [-0.15, -0.1) is 0 Å². The third-order valence-corrected chi connectivity index (χ3v) is 4.07. The van der Waals surface area contributed by atoms with Crippen LogP contribution in [0.5, 0.6) is 0 Å². The van der Waals surface area contributed by atoms with Crippen molar-refractivity contribution in [1.29, 1.82) is 0 Å². The lowest BCUT2D eigenvalue weighted by atomic mass is 10.2. The molecule has 0 aliphatic rings. The van der Waals surface area contributed by atoms with Crippen molar-refractivity contribution in [2.75, 3.05) is 5.32 Å². The van der Waals surface area contributed by atoms with Gasteiger partial charge in [0.1, 0.15) is 11.3 Å². The van der Waals surface area contributed by atoms with E-state index in [4.69, 9.17) is 32.9 Å². The highest BCUT2D eigenvalue weighted by molar-refractivity contribution is 7.89. The van der Waals surface area contributed by atoms with Gasteiger partial charge in [-0.3, -0.25) is 4.79 Å². The third-order valence-electron chi connectivity index (χ3n) is 2.58. The molecule has 1 aromatic carbocycles. The molecule has 1 aromatic heterocycles. The molecule has 7 nitrogen and oxygen atoms in total. The maximum absolute atomic E-state index is 12.0. The maximum atomic E-state index is 12.0.